The molecule has 1 fully saturated rings. The second kappa shape index (κ2) is 7.30. The number of amides is 1. The first-order valence-electron chi connectivity index (χ1n) is 7.80. The van der Waals surface area contributed by atoms with Crippen LogP contribution in [-0.4, -0.2) is 22.4 Å². The molecule has 1 aromatic rings. The molecular weight excluding hydrogens is 301 g/mol. The summed E-state index contributed by atoms with van der Waals surface area (Å²) in [6.45, 7) is 1.85. The summed E-state index contributed by atoms with van der Waals surface area (Å²) in [5.74, 6) is 0. The van der Waals surface area contributed by atoms with Gasteiger partial charge in [0.05, 0.1) is 0 Å². The van der Waals surface area contributed by atoms with Crippen LogP contribution in [0.2, 0.25) is 0 Å². The minimum absolute atomic E-state index is 0.157. The van der Waals surface area contributed by atoms with Crippen LogP contribution in [0.5, 0.6) is 0 Å². The lowest BCUT2D eigenvalue weighted by atomic mass is 9.95. The fraction of sp³-hybridized carbons (Fsp3) is 0.562. The van der Waals surface area contributed by atoms with Gasteiger partial charge < -0.3 is 14.9 Å². The van der Waals surface area contributed by atoms with E-state index in [-0.39, 0.29) is 12.8 Å². The van der Waals surface area contributed by atoms with Crippen LogP contribution in [0.15, 0.2) is 30.3 Å². The summed E-state index contributed by atoms with van der Waals surface area (Å²) in [6.07, 6.45) is 3.35. The number of carbonyl (C=O) groups is 1. The molecule has 1 aliphatic rings. The van der Waals surface area contributed by atoms with E-state index in [1.807, 2.05) is 30.3 Å². The van der Waals surface area contributed by atoms with E-state index in [2.05, 4.69) is 5.32 Å². The molecule has 2 rings (SSSR count). The molecule has 1 amide bonds. The Morgan fingerprint density at radius 3 is 2.50 bits per heavy atom. The molecule has 0 aliphatic heterocycles. The molecule has 1 aliphatic carbocycles. The topological polar surface area (TPSA) is 75.6 Å². The zero-order valence-electron chi connectivity index (χ0n) is 13.0. The summed E-state index contributed by atoms with van der Waals surface area (Å²) < 4.78 is 17.8. The van der Waals surface area contributed by atoms with Crippen LogP contribution in [0.3, 0.4) is 0 Å². The van der Waals surface area contributed by atoms with Crippen molar-refractivity contribution in [2.75, 3.05) is 6.16 Å². The lowest BCUT2D eigenvalue weighted by Crippen LogP contribution is -2.50. The Morgan fingerprint density at radius 2 is 1.91 bits per heavy atom. The third-order valence-corrected chi connectivity index (χ3v) is 7.08. The Kier molecular flexibility index (Phi) is 5.65. The first kappa shape index (κ1) is 17.0. The average Bonchev–Trinajstić information content (AvgIpc) is 2.54. The molecule has 1 unspecified atom stereocenters. The number of hydrogen-bond donors (Lipinski definition) is 2. The van der Waals surface area contributed by atoms with Gasteiger partial charge in [0.25, 0.3) is 0 Å². The predicted octanol–water partition coefficient (Wildman–Crippen LogP) is 3.86. The number of rotatable bonds is 5. The van der Waals surface area contributed by atoms with E-state index in [1.54, 1.807) is 6.92 Å². The van der Waals surface area contributed by atoms with Gasteiger partial charge in [-0.05, 0) is 18.4 Å². The highest BCUT2D eigenvalue weighted by molar-refractivity contribution is 7.59. The highest BCUT2D eigenvalue weighted by Gasteiger charge is 2.48. The van der Waals surface area contributed by atoms with Gasteiger partial charge in [-0.25, -0.2) is 4.79 Å². The first-order valence-corrected chi connectivity index (χ1v) is 9.64. The van der Waals surface area contributed by atoms with Gasteiger partial charge in [0.15, 0.2) is 0 Å². The normalized spacial score (nSPS) is 19.9. The van der Waals surface area contributed by atoms with Gasteiger partial charge >= 0.3 is 6.09 Å². The largest absolute Gasteiger partial charge is 0.445 e. The van der Waals surface area contributed by atoms with Crippen molar-refractivity contribution < 1.29 is 19.0 Å². The highest BCUT2D eigenvalue weighted by atomic mass is 31.2. The van der Waals surface area contributed by atoms with Crippen LogP contribution in [0.4, 0.5) is 4.79 Å². The Bertz CT molecular complexity index is 540. The number of ether oxygens (including phenoxy) is 1. The molecule has 1 atom stereocenters. The standard InChI is InChI=1S/C16H24NO4P/c1-2-22(19,20)16(11-7-4-8-12-16)17-15(18)21-13-14-9-5-3-6-10-14/h3,5-6,9-10H,2,4,7-8,11-13H2,1H3,(H,17,18)(H,19,20). The fourth-order valence-corrected chi connectivity index (χ4v) is 4.84. The Morgan fingerprint density at radius 1 is 1.27 bits per heavy atom. The third-order valence-electron chi connectivity index (χ3n) is 4.33. The van der Waals surface area contributed by atoms with Gasteiger partial charge in [0.1, 0.15) is 11.9 Å². The van der Waals surface area contributed by atoms with Crippen molar-refractivity contribution in [2.45, 2.75) is 50.9 Å². The van der Waals surface area contributed by atoms with Crippen molar-refractivity contribution in [1.82, 2.24) is 5.32 Å². The van der Waals surface area contributed by atoms with Gasteiger partial charge in [0.2, 0.25) is 7.37 Å². The summed E-state index contributed by atoms with van der Waals surface area (Å²) >= 11 is 0. The molecule has 2 N–H and O–H groups in total. The van der Waals surface area contributed by atoms with Gasteiger partial charge in [-0.2, -0.15) is 0 Å². The number of benzene rings is 1. The van der Waals surface area contributed by atoms with E-state index in [1.165, 1.54) is 0 Å². The molecule has 0 spiro atoms. The molecule has 0 radical (unpaired) electrons. The van der Waals surface area contributed by atoms with Crippen molar-refractivity contribution in [3.8, 4) is 0 Å². The number of carbonyl (C=O) groups excluding carboxylic acids is 1. The molecule has 6 heteroatoms. The van der Waals surface area contributed by atoms with Crippen LogP contribution < -0.4 is 5.32 Å². The Balaban J connectivity index is 2.01. The highest BCUT2D eigenvalue weighted by Crippen LogP contribution is 2.58. The summed E-state index contributed by atoms with van der Waals surface area (Å²) in [6, 6.07) is 9.37. The van der Waals surface area contributed by atoms with Crippen molar-refractivity contribution in [3.63, 3.8) is 0 Å². The van der Waals surface area contributed by atoms with E-state index >= 15 is 0 Å². The van der Waals surface area contributed by atoms with Crippen molar-refractivity contribution in [2.24, 2.45) is 0 Å². The molecule has 122 valence electrons. The Hall–Kier alpha value is -1.32. The van der Waals surface area contributed by atoms with Gasteiger partial charge in [0, 0.05) is 6.16 Å². The van der Waals surface area contributed by atoms with E-state index in [4.69, 9.17) is 4.74 Å². The van der Waals surface area contributed by atoms with Crippen LogP contribution in [0.25, 0.3) is 0 Å². The molecule has 0 bridgehead atoms. The van der Waals surface area contributed by atoms with Gasteiger partial charge in [-0.15, -0.1) is 0 Å². The van der Waals surface area contributed by atoms with Crippen molar-refractivity contribution in [1.29, 1.82) is 0 Å². The molecule has 0 heterocycles. The SMILES string of the molecule is CCP(=O)(O)C1(NC(=O)OCc2ccccc2)CCCCC1. The fourth-order valence-electron chi connectivity index (χ4n) is 2.95. The lowest BCUT2D eigenvalue weighted by molar-refractivity contribution is 0.127. The summed E-state index contributed by atoms with van der Waals surface area (Å²) in [5, 5.41) is 1.70. The Labute approximate surface area is 131 Å². The maximum Gasteiger partial charge on any atom is 0.408 e. The second-order valence-corrected chi connectivity index (χ2v) is 8.69. The molecule has 1 aromatic carbocycles. The van der Waals surface area contributed by atoms with Gasteiger partial charge in [-0.1, -0.05) is 56.5 Å². The molecule has 1 saturated carbocycles. The first-order chi connectivity index (χ1) is 10.5. The minimum atomic E-state index is -3.44. The zero-order valence-corrected chi connectivity index (χ0v) is 13.9. The van der Waals surface area contributed by atoms with Crippen LogP contribution in [0, 0.1) is 0 Å². The summed E-state index contributed by atoms with van der Waals surface area (Å²) in [4.78, 5) is 22.4. The van der Waals surface area contributed by atoms with Crippen LogP contribution in [-0.2, 0) is 15.9 Å². The molecule has 5 nitrogen and oxygen atoms in total. The average molecular weight is 325 g/mol. The monoisotopic (exact) mass is 325 g/mol. The molecule has 0 saturated heterocycles. The summed E-state index contributed by atoms with van der Waals surface area (Å²) in [5.41, 5.74) is 0.887. The maximum absolute atomic E-state index is 12.6. The zero-order chi connectivity index (χ0) is 16.1. The molecular formula is C16H24NO4P. The quantitative estimate of drug-likeness (QED) is 0.806. The third kappa shape index (κ3) is 3.90. The number of nitrogens with one attached hydrogen (secondary N) is 1. The lowest BCUT2D eigenvalue weighted by Gasteiger charge is -2.40. The van der Waals surface area contributed by atoms with Crippen LogP contribution in [0.1, 0.15) is 44.6 Å². The van der Waals surface area contributed by atoms with Gasteiger partial charge in [-0.3, -0.25) is 4.57 Å². The summed E-state index contributed by atoms with van der Waals surface area (Å²) in [7, 11) is -3.44. The molecule has 0 aromatic heterocycles. The van der Waals surface area contributed by atoms with E-state index in [0.29, 0.717) is 12.8 Å². The van der Waals surface area contributed by atoms with Crippen molar-refractivity contribution >= 4 is 13.5 Å². The van der Waals surface area contributed by atoms with E-state index < -0.39 is 18.7 Å². The predicted molar refractivity (Wildman–Crippen MR) is 85.9 cm³/mol. The van der Waals surface area contributed by atoms with E-state index in [9.17, 15) is 14.3 Å². The maximum atomic E-state index is 12.6. The smallest absolute Gasteiger partial charge is 0.408 e. The second-order valence-electron chi connectivity index (χ2n) is 5.80. The van der Waals surface area contributed by atoms with Crippen LogP contribution >= 0.6 is 7.37 Å². The number of alkyl carbamates (subject to hydrolysis) is 1. The van der Waals surface area contributed by atoms with E-state index in [0.717, 1.165) is 24.8 Å². The van der Waals surface area contributed by atoms with Crippen molar-refractivity contribution in [3.05, 3.63) is 35.9 Å². The number of hydrogen-bond acceptors (Lipinski definition) is 3. The minimum Gasteiger partial charge on any atom is -0.445 e. The molecule has 22 heavy (non-hydrogen) atoms.